The maximum Gasteiger partial charge on any atom is 0.263 e. The summed E-state index contributed by atoms with van der Waals surface area (Å²) in [5.41, 5.74) is 1.65. The van der Waals surface area contributed by atoms with Crippen LogP contribution in [0.5, 0.6) is 17.5 Å². The van der Waals surface area contributed by atoms with Crippen LogP contribution in [0.1, 0.15) is 61.6 Å². The van der Waals surface area contributed by atoms with Crippen molar-refractivity contribution in [1.29, 1.82) is 0 Å². The lowest BCUT2D eigenvalue weighted by atomic mass is 9.36. The molecule has 2 amide bonds. The molecule has 1 saturated heterocycles. The van der Waals surface area contributed by atoms with Crippen molar-refractivity contribution in [2.75, 3.05) is 38.2 Å². The summed E-state index contributed by atoms with van der Waals surface area (Å²) in [6.45, 7) is 9.06. The van der Waals surface area contributed by atoms with E-state index in [0.717, 1.165) is 19.3 Å². The molecule has 288 valence electrons. The van der Waals surface area contributed by atoms with Gasteiger partial charge < -0.3 is 34.1 Å². The van der Waals surface area contributed by atoms with Gasteiger partial charge in [-0.2, -0.15) is 5.10 Å². The van der Waals surface area contributed by atoms with E-state index in [0.29, 0.717) is 70.8 Å². The van der Waals surface area contributed by atoms with Gasteiger partial charge in [-0.3, -0.25) is 23.9 Å². The van der Waals surface area contributed by atoms with E-state index in [1.165, 1.54) is 24.3 Å². The minimum Gasteiger partial charge on any atom is -0.481 e. The lowest BCUT2D eigenvalue weighted by Gasteiger charge is -2.72. The zero-order valence-corrected chi connectivity index (χ0v) is 31.9. The van der Waals surface area contributed by atoms with E-state index in [-0.39, 0.29) is 53.5 Å². The molecular weight excluding hydrogens is 706 g/mol. The molecule has 5 aromatic rings. The highest BCUT2D eigenvalue weighted by atomic mass is 16.5. The lowest BCUT2D eigenvalue weighted by Crippen LogP contribution is -2.76. The Hall–Kier alpha value is -6.00. The molecule has 17 heteroatoms. The summed E-state index contributed by atoms with van der Waals surface area (Å²) < 4.78 is 14.6. The molecule has 3 saturated carbocycles. The number of amides is 2. The van der Waals surface area contributed by atoms with Crippen molar-refractivity contribution in [2.24, 2.45) is 18.4 Å². The van der Waals surface area contributed by atoms with Crippen LogP contribution in [0.15, 0.2) is 46.5 Å². The third kappa shape index (κ3) is 6.10. The number of ether oxygens (including phenoxy) is 2. The first-order valence-electron chi connectivity index (χ1n) is 18.6. The third-order valence-corrected chi connectivity index (χ3v) is 11.6. The number of fused-ring (bicyclic) bond motifs is 1. The number of piperazine rings is 1. The summed E-state index contributed by atoms with van der Waals surface area (Å²) in [4.78, 5) is 67.7. The highest BCUT2D eigenvalue weighted by Crippen LogP contribution is 2.70. The quantitative estimate of drug-likeness (QED) is 0.202. The number of aromatic nitrogens is 8. The van der Waals surface area contributed by atoms with Crippen molar-refractivity contribution in [3.63, 3.8) is 0 Å². The van der Waals surface area contributed by atoms with Crippen molar-refractivity contribution < 1.29 is 19.1 Å². The molecular formula is C38H45N11O6. The van der Waals surface area contributed by atoms with Crippen LogP contribution in [0.4, 0.5) is 5.69 Å². The molecule has 3 aliphatic carbocycles. The maximum absolute atomic E-state index is 14.5. The highest BCUT2D eigenvalue weighted by Gasteiger charge is 2.69. The van der Waals surface area contributed by atoms with Crippen LogP contribution in [0.2, 0.25) is 0 Å². The fourth-order valence-electron chi connectivity index (χ4n) is 8.57. The predicted molar refractivity (Wildman–Crippen MR) is 202 cm³/mol. The minimum atomic E-state index is -0.479. The summed E-state index contributed by atoms with van der Waals surface area (Å²) in [6.07, 6.45) is 9.56. The Bertz CT molecular complexity index is 2430. The van der Waals surface area contributed by atoms with Gasteiger partial charge in [0.15, 0.2) is 16.9 Å². The molecule has 4 aliphatic rings. The minimum absolute atomic E-state index is 0.0315. The van der Waals surface area contributed by atoms with Crippen LogP contribution in [0.25, 0.3) is 16.9 Å². The fraction of sp³-hybridized carbons (Fsp3) is 0.474. The van der Waals surface area contributed by atoms with E-state index in [1.54, 1.807) is 52.6 Å². The molecule has 2 N–H and O–H groups in total. The number of hydrogen-bond acceptors (Lipinski definition) is 11. The second-order valence-corrected chi connectivity index (χ2v) is 15.4. The number of H-pyrrole nitrogens is 1. The first kappa shape index (κ1) is 36.0. The van der Waals surface area contributed by atoms with Gasteiger partial charge in [-0.25, -0.2) is 4.98 Å². The fourth-order valence-corrected chi connectivity index (χ4v) is 8.57. The van der Waals surface area contributed by atoms with Gasteiger partial charge in [0.2, 0.25) is 28.5 Å². The molecule has 0 atom stereocenters. The van der Waals surface area contributed by atoms with E-state index in [2.05, 4.69) is 39.3 Å². The Morgan fingerprint density at radius 3 is 2.47 bits per heavy atom. The second-order valence-electron chi connectivity index (χ2n) is 15.4. The number of pyridine rings is 3. The third-order valence-electron chi connectivity index (χ3n) is 11.6. The van der Waals surface area contributed by atoms with Crippen molar-refractivity contribution in [3.8, 4) is 23.2 Å². The molecule has 6 heterocycles. The largest absolute Gasteiger partial charge is 0.481 e. The monoisotopic (exact) mass is 751 g/mol. The van der Waals surface area contributed by atoms with Crippen molar-refractivity contribution in [3.05, 3.63) is 74.2 Å². The van der Waals surface area contributed by atoms with Gasteiger partial charge in [-0.1, -0.05) is 20.8 Å². The number of carbonyl (C=O) groups excluding carboxylic acids is 2. The first-order valence-corrected chi connectivity index (χ1v) is 18.6. The number of rotatable bonds is 11. The van der Waals surface area contributed by atoms with Gasteiger partial charge >= 0.3 is 0 Å². The summed E-state index contributed by atoms with van der Waals surface area (Å²) in [7, 11) is 3.25. The topological polar surface area (TPSA) is 187 Å². The van der Waals surface area contributed by atoms with Gasteiger partial charge in [0.1, 0.15) is 17.8 Å². The zero-order valence-electron chi connectivity index (χ0n) is 31.9. The first-order chi connectivity index (χ1) is 26.3. The number of nitrogens with one attached hydrogen (secondary N) is 2. The summed E-state index contributed by atoms with van der Waals surface area (Å²) >= 11 is 0. The van der Waals surface area contributed by atoms with Gasteiger partial charge in [-0.15, -0.1) is 15.0 Å². The van der Waals surface area contributed by atoms with E-state index >= 15 is 0 Å². The molecule has 5 aromatic heterocycles. The number of anilines is 1. The average molecular weight is 752 g/mol. The van der Waals surface area contributed by atoms with Crippen molar-refractivity contribution >= 4 is 28.7 Å². The number of aryl methyl sites for hydroxylation is 2. The Labute approximate surface area is 316 Å². The maximum atomic E-state index is 14.5. The summed E-state index contributed by atoms with van der Waals surface area (Å²) in [5.74, 6) is 0.702. The summed E-state index contributed by atoms with van der Waals surface area (Å²) in [5, 5.41) is 16.8. The molecule has 4 fully saturated rings. The predicted octanol–water partition coefficient (Wildman–Crippen LogP) is 2.73. The van der Waals surface area contributed by atoms with Gasteiger partial charge in [0.05, 0.1) is 25.2 Å². The standard InChI is InChI=1S/C38H45N11O6/c1-7-26-31(46-10-12-47(13-11-46)36(53)29-32(51)23(4)15-40-35(29)55-25-16-41-45(5)17-25)33(52)30-34(44-49(43-30)24-8-9-39-28(14-24)54-6)48(26)18-27(50)42-38-19-37(20-38,21-38)22(2)3/h8-9,14-17,22H,7,10-13,18-21H2,1-6H3,(H,40,51)(H,42,50). The van der Waals surface area contributed by atoms with E-state index in [1.807, 2.05) is 11.8 Å². The molecule has 1 aliphatic heterocycles. The normalized spacial score (nSPS) is 20.3. The van der Waals surface area contributed by atoms with Crippen LogP contribution in [-0.4, -0.2) is 94.9 Å². The molecule has 2 bridgehead atoms. The molecule has 0 aromatic carbocycles. The Balaban J connectivity index is 1.11. The van der Waals surface area contributed by atoms with Crippen LogP contribution in [-0.2, 0) is 24.8 Å². The van der Waals surface area contributed by atoms with E-state index in [4.69, 9.17) is 14.6 Å². The molecule has 0 unspecified atom stereocenters. The number of hydrogen-bond donors (Lipinski definition) is 2. The number of nitrogens with zero attached hydrogens (tertiary/aromatic N) is 9. The summed E-state index contributed by atoms with van der Waals surface area (Å²) in [6, 6.07) is 3.37. The molecule has 9 rings (SSSR count). The molecule has 0 spiro atoms. The number of carbonyl (C=O) groups is 2. The lowest BCUT2D eigenvalue weighted by molar-refractivity contribution is -0.187. The SMILES string of the molecule is CCc1c(N2CCN(C(=O)c3c(Oc4cnn(C)c4)[nH]cc(C)c3=O)CC2)c(=O)c2nn(-c3ccnc(OC)c3)nc2n1CC(=O)NC12CC(C(C)C)(C1)C2. The van der Waals surface area contributed by atoms with Gasteiger partial charge in [0, 0.05) is 68.5 Å². The Morgan fingerprint density at radius 2 is 1.82 bits per heavy atom. The van der Waals surface area contributed by atoms with Crippen LogP contribution in [0, 0.1) is 18.3 Å². The number of methoxy groups -OCH3 is 1. The van der Waals surface area contributed by atoms with Gasteiger partial charge in [-0.05, 0) is 50.0 Å². The van der Waals surface area contributed by atoms with E-state index in [9.17, 15) is 19.2 Å². The van der Waals surface area contributed by atoms with Crippen LogP contribution < -0.4 is 30.5 Å². The van der Waals surface area contributed by atoms with Crippen molar-refractivity contribution in [1.82, 2.24) is 49.5 Å². The second kappa shape index (κ2) is 13.4. The zero-order chi connectivity index (χ0) is 38.8. The highest BCUT2D eigenvalue weighted by molar-refractivity contribution is 5.96. The van der Waals surface area contributed by atoms with Crippen molar-refractivity contribution in [2.45, 2.75) is 65.5 Å². The van der Waals surface area contributed by atoms with E-state index < -0.39 is 11.3 Å². The number of aromatic amines is 1. The van der Waals surface area contributed by atoms with Crippen LogP contribution in [0.3, 0.4) is 0 Å². The molecule has 17 nitrogen and oxygen atoms in total. The van der Waals surface area contributed by atoms with Crippen LogP contribution >= 0.6 is 0 Å². The Kier molecular flexibility index (Phi) is 8.76. The van der Waals surface area contributed by atoms with Gasteiger partial charge in [0.25, 0.3) is 5.91 Å². The molecule has 0 radical (unpaired) electrons. The average Bonchev–Trinajstić information content (AvgIpc) is 3.78. The smallest absolute Gasteiger partial charge is 0.263 e. The Morgan fingerprint density at radius 1 is 1.07 bits per heavy atom. The molecule has 55 heavy (non-hydrogen) atoms.